The SMILES string of the molecule is O=C1c2[nH]nc(-c3ccccc3)c2C(c2ccc(OCc3ccc(Cl)cc3)cc2)N1Cc1ccc(F)cc1. The van der Waals surface area contributed by atoms with Crippen LogP contribution in [0.3, 0.4) is 0 Å². The second kappa shape index (κ2) is 10.1. The third-order valence-electron chi connectivity index (χ3n) is 6.69. The number of ether oxygens (including phenoxy) is 1. The van der Waals surface area contributed by atoms with Crippen molar-refractivity contribution in [3.63, 3.8) is 0 Å². The minimum Gasteiger partial charge on any atom is -0.489 e. The summed E-state index contributed by atoms with van der Waals surface area (Å²) in [7, 11) is 0. The second-order valence-corrected chi connectivity index (χ2v) is 9.61. The van der Waals surface area contributed by atoms with E-state index < -0.39 is 0 Å². The molecule has 5 aromatic rings. The van der Waals surface area contributed by atoms with E-state index >= 15 is 0 Å². The number of nitrogens with one attached hydrogen (secondary N) is 1. The molecule has 0 radical (unpaired) electrons. The van der Waals surface area contributed by atoms with Crippen LogP contribution in [0.25, 0.3) is 11.3 Å². The number of benzene rings is 4. The summed E-state index contributed by atoms with van der Waals surface area (Å²) in [5.74, 6) is 0.258. The Morgan fingerprint density at radius 1 is 0.868 bits per heavy atom. The fourth-order valence-electron chi connectivity index (χ4n) is 4.80. The summed E-state index contributed by atoms with van der Waals surface area (Å²) in [5.41, 5.74) is 5.75. The predicted octanol–water partition coefficient (Wildman–Crippen LogP) is 7.19. The van der Waals surface area contributed by atoms with Gasteiger partial charge in [-0.1, -0.05) is 78.3 Å². The van der Waals surface area contributed by atoms with Gasteiger partial charge in [0.2, 0.25) is 0 Å². The van der Waals surface area contributed by atoms with Gasteiger partial charge in [0.25, 0.3) is 5.91 Å². The molecule has 7 heteroatoms. The molecule has 1 aromatic heterocycles. The minimum absolute atomic E-state index is 0.146. The van der Waals surface area contributed by atoms with Crippen LogP contribution < -0.4 is 4.74 Å². The van der Waals surface area contributed by atoms with Crippen LogP contribution in [0.2, 0.25) is 5.02 Å². The Bertz CT molecular complexity index is 1570. The molecule has 0 fully saturated rings. The molecule has 1 unspecified atom stereocenters. The molecule has 4 aromatic carbocycles. The lowest BCUT2D eigenvalue weighted by atomic mass is 9.96. The maximum absolute atomic E-state index is 13.6. The van der Waals surface area contributed by atoms with Gasteiger partial charge in [-0.05, 0) is 53.1 Å². The quantitative estimate of drug-likeness (QED) is 0.245. The zero-order valence-electron chi connectivity index (χ0n) is 20.3. The van der Waals surface area contributed by atoms with E-state index in [2.05, 4.69) is 10.2 Å². The van der Waals surface area contributed by atoms with E-state index in [0.717, 1.165) is 33.5 Å². The molecule has 0 aliphatic carbocycles. The zero-order valence-corrected chi connectivity index (χ0v) is 21.0. The van der Waals surface area contributed by atoms with E-state index in [1.165, 1.54) is 12.1 Å². The minimum atomic E-state index is -0.373. The number of nitrogens with zero attached hydrogens (tertiary/aromatic N) is 2. The lowest BCUT2D eigenvalue weighted by Gasteiger charge is -2.26. The summed E-state index contributed by atoms with van der Waals surface area (Å²) in [6, 6.07) is 31.0. The van der Waals surface area contributed by atoms with Crippen molar-refractivity contribution in [2.45, 2.75) is 19.2 Å². The molecule has 38 heavy (non-hydrogen) atoms. The van der Waals surface area contributed by atoms with Crippen molar-refractivity contribution in [2.75, 3.05) is 0 Å². The number of aromatic amines is 1. The Morgan fingerprint density at radius 3 is 2.26 bits per heavy atom. The molecular weight excluding hydrogens is 501 g/mol. The Balaban J connectivity index is 1.33. The van der Waals surface area contributed by atoms with Gasteiger partial charge in [0.1, 0.15) is 23.9 Å². The van der Waals surface area contributed by atoms with Gasteiger partial charge in [-0.3, -0.25) is 9.89 Å². The lowest BCUT2D eigenvalue weighted by molar-refractivity contribution is 0.0730. The average molecular weight is 524 g/mol. The summed E-state index contributed by atoms with van der Waals surface area (Å²) < 4.78 is 19.5. The molecule has 1 aliphatic rings. The Hall–Kier alpha value is -4.42. The highest BCUT2D eigenvalue weighted by atomic mass is 35.5. The predicted molar refractivity (Wildman–Crippen MR) is 144 cm³/mol. The molecule has 1 N–H and O–H groups in total. The van der Waals surface area contributed by atoms with E-state index in [9.17, 15) is 9.18 Å². The Morgan fingerprint density at radius 2 is 1.55 bits per heavy atom. The Kier molecular flexibility index (Phi) is 6.40. The van der Waals surface area contributed by atoms with Crippen LogP contribution >= 0.6 is 11.6 Å². The monoisotopic (exact) mass is 523 g/mol. The standard InChI is InChI=1S/C31H23ClFN3O2/c32-24-12-6-21(7-13-24)19-38-26-16-10-23(11-17-26)30-27-28(22-4-2-1-3-5-22)34-35-29(27)31(37)36(30)18-20-8-14-25(33)15-9-20/h1-17,30H,18-19H2,(H,34,35). The maximum Gasteiger partial charge on any atom is 0.273 e. The van der Waals surface area contributed by atoms with Crippen LogP contribution in [-0.2, 0) is 13.2 Å². The topological polar surface area (TPSA) is 58.2 Å². The summed E-state index contributed by atoms with van der Waals surface area (Å²) in [6.45, 7) is 0.745. The van der Waals surface area contributed by atoms with Crippen LogP contribution in [-0.4, -0.2) is 21.0 Å². The molecule has 6 rings (SSSR count). The molecule has 0 bridgehead atoms. The fourth-order valence-corrected chi connectivity index (χ4v) is 4.93. The highest BCUT2D eigenvalue weighted by Gasteiger charge is 2.42. The van der Waals surface area contributed by atoms with Crippen LogP contribution in [0.5, 0.6) is 5.75 Å². The number of carbonyl (C=O) groups excluding carboxylic acids is 1. The summed E-state index contributed by atoms with van der Waals surface area (Å²) in [4.78, 5) is 15.4. The number of carbonyl (C=O) groups is 1. The first kappa shape index (κ1) is 23.9. The van der Waals surface area contributed by atoms with Crippen LogP contribution in [0.1, 0.15) is 38.8 Å². The van der Waals surface area contributed by atoms with E-state index in [-0.39, 0.29) is 17.8 Å². The summed E-state index contributed by atoms with van der Waals surface area (Å²) in [5, 5.41) is 8.18. The molecule has 1 aliphatic heterocycles. The van der Waals surface area contributed by atoms with Gasteiger partial charge in [-0.15, -0.1) is 0 Å². The normalized spacial score (nSPS) is 14.5. The maximum atomic E-state index is 13.6. The van der Waals surface area contributed by atoms with Gasteiger partial charge in [0.05, 0.1) is 11.7 Å². The van der Waals surface area contributed by atoms with Crippen molar-refractivity contribution in [3.8, 4) is 17.0 Å². The highest BCUT2D eigenvalue weighted by Crippen LogP contribution is 2.43. The van der Waals surface area contributed by atoms with Gasteiger partial charge >= 0.3 is 0 Å². The van der Waals surface area contributed by atoms with Gasteiger partial charge in [0, 0.05) is 22.7 Å². The number of hydrogen-bond donors (Lipinski definition) is 1. The largest absolute Gasteiger partial charge is 0.489 e. The molecule has 1 amide bonds. The Labute approximate surface area is 224 Å². The number of amides is 1. The van der Waals surface area contributed by atoms with E-state index in [0.29, 0.717) is 29.6 Å². The first-order valence-corrected chi connectivity index (χ1v) is 12.6. The average Bonchev–Trinajstić information content (AvgIpc) is 3.49. The van der Waals surface area contributed by atoms with Crippen LogP contribution in [0.15, 0.2) is 103 Å². The number of H-pyrrole nitrogens is 1. The van der Waals surface area contributed by atoms with E-state index in [4.69, 9.17) is 16.3 Å². The zero-order chi connectivity index (χ0) is 26.1. The molecule has 0 saturated heterocycles. The van der Waals surface area contributed by atoms with Crippen molar-refractivity contribution in [1.82, 2.24) is 15.1 Å². The third-order valence-corrected chi connectivity index (χ3v) is 6.94. The summed E-state index contributed by atoms with van der Waals surface area (Å²) >= 11 is 5.97. The number of rotatable bonds is 7. The number of hydrogen-bond acceptors (Lipinski definition) is 3. The van der Waals surface area contributed by atoms with Crippen molar-refractivity contribution >= 4 is 17.5 Å². The van der Waals surface area contributed by atoms with Crippen LogP contribution in [0, 0.1) is 5.82 Å². The smallest absolute Gasteiger partial charge is 0.273 e. The lowest BCUT2D eigenvalue weighted by Crippen LogP contribution is -2.29. The van der Waals surface area contributed by atoms with Gasteiger partial charge in [-0.2, -0.15) is 5.10 Å². The molecule has 1 atom stereocenters. The molecule has 5 nitrogen and oxygen atoms in total. The fraction of sp³-hybridized carbons (Fsp3) is 0.0968. The van der Waals surface area contributed by atoms with Crippen molar-refractivity contribution in [1.29, 1.82) is 0 Å². The highest BCUT2D eigenvalue weighted by molar-refractivity contribution is 6.30. The first-order valence-electron chi connectivity index (χ1n) is 12.2. The van der Waals surface area contributed by atoms with E-state index in [1.807, 2.05) is 78.9 Å². The van der Waals surface area contributed by atoms with Crippen molar-refractivity contribution in [3.05, 3.63) is 142 Å². The second-order valence-electron chi connectivity index (χ2n) is 9.17. The van der Waals surface area contributed by atoms with Gasteiger partial charge in [0.15, 0.2) is 0 Å². The molecule has 188 valence electrons. The molecular formula is C31H23ClFN3O2. The first-order chi connectivity index (χ1) is 18.6. The number of aromatic nitrogens is 2. The van der Waals surface area contributed by atoms with Gasteiger partial charge < -0.3 is 9.64 Å². The van der Waals surface area contributed by atoms with Gasteiger partial charge in [-0.25, -0.2) is 4.39 Å². The number of fused-ring (bicyclic) bond motifs is 1. The summed E-state index contributed by atoms with van der Waals surface area (Å²) in [6.07, 6.45) is 0. The third kappa shape index (κ3) is 4.66. The van der Waals surface area contributed by atoms with Crippen LogP contribution in [0.4, 0.5) is 4.39 Å². The van der Waals surface area contributed by atoms with Crippen molar-refractivity contribution in [2.24, 2.45) is 0 Å². The van der Waals surface area contributed by atoms with Crippen molar-refractivity contribution < 1.29 is 13.9 Å². The number of halogens is 2. The molecule has 0 saturated carbocycles. The van der Waals surface area contributed by atoms with E-state index in [1.54, 1.807) is 17.0 Å². The molecule has 2 heterocycles. The molecule has 0 spiro atoms.